The van der Waals surface area contributed by atoms with Crippen LogP contribution in [0.4, 0.5) is 27.8 Å². The molecule has 3 aromatic rings. The van der Waals surface area contributed by atoms with Crippen LogP contribution in [-0.2, 0) is 17.5 Å². The second-order valence-corrected chi connectivity index (χ2v) is 13.2. The number of anilines is 1. The van der Waals surface area contributed by atoms with Crippen LogP contribution in [-0.4, -0.2) is 54.8 Å². The molecule has 8 nitrogen and oxygen atoms in total. The van der Waals surface area contributed by atoms with E-state index < -0.39 is 73.9 Å². The standard InChI is InChI=1S/C27H23F5IN4O4/c1-2-21(39)37-14-9-15(38)10-20(37)33-36(12-14)25-17-11-18(27(30,31)32)22(16-5-4-13(28)8-19(16)29)24-23(17)35(26(40)34-25)6-3-7-41-24/h2,4-5,8,11,14,20-21,39H,1,3,6-7,9-10,12H2/q-1. The monoisotopic (exact) mass is 689 g/mol. The van der Waals surface area contributed by atoms with E-state index in [-0.39, 0.29) is 71.3 Å². The van der Waals surface area contributed by atoms with Crippen molar-refractivity contribution < 1.29 is 58.1 Å². The number of carbonyl (C=O) groups is 1. The van der Waals surface area contributed by atoms with E-state index in [4.69, 9.17) is 4.74 Å². The Kier molecular flexibility index (Phi) is 7.05. The van der Waals surface area contributed by atoms with Crippen LogP contribution in [0.2, 0.25) is 0 Å². The topological polar surface area (TPSA) is 87.9 Å². The summed E-state index contributed by atoms with van der Waals surface area (Å²) in [6.45, 7) is 3.85. The third-order valence-corrected chi connectivity index (χ3v) is 10.7. The molecule has 0 spiro atoms. The molecule has 1 aromatic heterocycles. The SMILES string of the molecule is C=CC(O)N1C2CC(=O)CC1[I-]N(c1nc(=O)n3c4c(c(-c5ccc(F)cc5F)c(C(F)(F)F)cc14)OCCC3)C2. The Balaban J connectivity index is 1.61. The number of ketones is 1. The predicted molar refractivity (Wildman–Crippen MR) is 134 cm³/mol. The summed E-state index contributed by atoms with van der Waals surface area (Å²) in [5, 5.41) is 10.5. The molecule has 3 unspecified atom stereocenters. The van der Waals surface area contributed by atoms with Crippen molar-refractivity contribution in [1.82, 2.24) is 14.5 Å². The summed E-state index contributed by atoms with van der Waals surface area (Å²) in [5.41, 5.74) is -3.01. The summed E-state index contributed by atoms with van der Waals surface area (Å²) >= 11 is -1.18. The Hall–Kier alpha value is -3.11. The number of rotatable bonds is 4. The molecule has 2 aromatic carbocycles. The van der Waals surface area contributed by atoms with Gasteiger partial charge in [-0.15, -0.1) is 0 Å². The van der Waals surface area contributed by atoms with Gasteiger partial charge in [-0.2, -0.15) is 0 Å². The number of halogens is 6. The molecule has 2 saturated heterocycles. The second-order valence-electron chi connectivity index (χ2n) is 9.99. The molecule has 2 fully saturated rings. The molecule has 218 valence electrons. The molecule has 0 aliphatic carbocycles. The number of ether oxygens (including phenoxy) is 1. The first kappa shape index (κ1) is 28.0. The van der Waals surface area contributed by atoms with Gasteiger partial charge in [0.1, 0.15) is 0 Å². The molecule has 2 bridgehead atoms. The fourth-order valence-corrected chi connectivity index (χ4v) is 9.57. The van der Waals surface area contributed by atoms with E-state index in [0.717, 1.165) is 18.2 Å². The van der Waals surface area contributed by atoms with E-state index in [1.807, 2.05) is 0 Å². The molecular weight excluding hydrogens is 666 g/mol. The summed E-state index contributed by atoms with van der Waals surface area (Å²) in [6.07, 6.45) is -4.07. The number of nitrogens with zero attached hydrogens (tertiary/aromatic N) is 4. The first-order valence-electron chi connectivity index (χ1n) is 12.8. The van der Waals surface area contributed by atoms with Crippen molar-refractivity contribution in [3.8, 4) is 16.9 Å². The Morgan fingerprint density at radius 3 is 2.66 bits per heavy atom. The average Bonchev–Trinajstić information content (AvgIpc) is 3.13. The molecule has 3 aliphatic rings. The molecule has 14 heteroatoms. The van der Waals surface area contributed by atoms with Gasteiger partial charge < -0.3 is 0 Å². The Morgan fingerprint density at radius 2 is 1.98 bits per heavy atom. The average molecular weight is 689 g/mol. The summed E-state index contributed by atoms with van der Waals surface area (Å²) in [4.78, 5) is 31.8. The van der Waals surface area contributed by atoms with Crippen LogP contribution < -0.4 is 35.0 Å². The number of aliphatic hydroxyl groups excluding tert-OH is 1. The minimum absolute atomic E-state index is 0.00177. The van der Waals surface area contributed by atoms with Gasteiger partial charge >= 0.3 is 241 Å². The van der Waals surface area contributed by atoms with Gasteiger partial charge in [0.2, 0.25) is 0 Å². The summed E-state index contributed by atoms with van der Waals surface area (Å²) in [6, 6.07) is 2.65. The number of aromatic nitrogens is 2. The van der Waals surface area contributed by atoms with Gasteiger partial charge in [0.15, 0.2) is 0 Å². The number of hydrogen-bond acceptors (Lipinski definition) is 7. The van der Waals surface area contributed by atoms with E-state index >= 15 is 0 Å². The summed E-state index contributed by atoms with van der Waals surface area (Å²) < 4.78 is 81.0. The minimum atomic E-state index is -4.97. The van der Waals surface area contributed by atoms with Crippen molar-refractivity contribution in [1.29, 1.82) is 0 Å². The van der Waals surface area contributed by atoms with E-state index in [0.29, 0.717) is 6.07 Å². The maximum atomic E-state index is 15.0. The zero-order valence-corrected chi connectivity index (χ0v) is 23.5. The van der Waals surface area contributed by atoms with Crippen LogP contribution in [0, 0.1) is 11.6 Å². The van der Waals surface area contributed by atoms with Gasteiger partial charge in [0.05, 0.1) is 0 Å². The molecule has 1 N–H and O–H groups in total. The van der Waals surface area contributed by atoms with Crippen molar-refractivity contribution >= 4 is 22.5 Å². The number of fused-ring (bicyclic) bond motifs is 2. The predicted octanol–water partition coefficient (Wildman–Crippen LogP) is 0.831. The van der Waals surface area contributed by atoms with Crippen molar-refractivity contribution in [3.63, 3.8) is 0 Å². The van der Waals surface area contributed by atoms with Gasteiger partial charge in [-0.1, -0.05) is 0 Å². The van der Waals surface area contributed by atoms with Gasteiger partial charge in [-0.25, -0.2) is 0 Å². The molecule has 3 atom stereocenters. The number of hydrogen-bond donors (Lipinski definition) is 1. The molecule has 4 heterocycles. The van der Waals surface area contributed by atoms with Crippen LogP contribution >= 0.6 is 0 Å². The van der Waals surface area contributed by atoms with Crippen LogP contribution in [0.3, 0.4) is 0 Å². The first-order chi connectivity index (χ1) is 19.5. The summed E-state index contributed by atoms with van der Waals surface area (Å²) in [7, 11) is 0. The summed E-state index contributed by atoms with van der Waals surface area (Å²) in [5.74, 6) is -2.44. The van der Waals surface area contributed by atoms with Gasteiger partial charge in [0.25, 0.3) is 0 Å². The molecule has 3 aliphatic heterocycles. The fraction of sp³-hybridized carbons (Fsp3) is 0.370. The number of carbonyl (C=O) groups excluding carboxylic acids is 1. The van der Waals surface area contributed by atoms with Crippen molar-refractivity contribution in [2.75, 3.05) is 16.3 Å². The van der Waals surface area contributed by atoms with Crippen LogP contribution in [0.15, 0.2) is 41.7 Å². The zero-order valence-electron chi connectivity index (χ0n) is 21.3. The molecule has 0 saturated carbocycles. The van der Waals surface area contributed by atoms with Crippen molar-refractivity contribution in [2.24, 2.45) is 0 Å². The fourth-order valence-electron chi connectivity index (χ4n) is 5.72. The Bertz CT molecular complexity index is 1630. The van der Waals surface area contributed by atoms with Crippen molar-refractivity contribution in [2.45, 2.75) is 48.3 Å². The number of benzene rings is 2. The number of Topliss-reactive ketones (excluding diaryl/α,β-unsaturated/α-hetero) is 1. The van der Waals surface area contributed by atoms with Gasteiger partial charge in [-0.3, -0.25) is 0 Å². The molecule has 6 rings (SSSR count). The molecule has 41 heavy (non-hydrogen) atoms. The molecule has 0 radical (unpaired) electrons. The maximum absolute atomic E-state index is 15.0. The number of alkyl halides is 4. The number of piperidine rings is 1. The quantitative estimate of drug-likeness (QED) is 0.109. The van der Waals surface area contributed by atoms with E-state index in [2.05, 4.69) is 11.6 Å². The van der Waals surface area contributed by atoms with E-state index in [1.165, 1.54) is 10.6 Å². The van der Waals surface area contributed by atoms with Gasteiger partial charge in [0, 0.05) is 0 Å². The molecular formula is C27H23F5IN4O4-. The van der Waals surface area contributed by atoms with Crippen LogP contribution in [0.25, 0.3) is 22.0 Å². The van der Waals surface area contributed by atoms with Crippen molar-refractivity contribution in [3.05, 3.63) is 64.6 Å². The Morgan fingerprint density at radius 1 is 1.20 bits per heavy atom. The zero-order chi connectivity index (χ0) is 29.2. The van der Waals surface area contributed by atoms with Crippen LogP contribution in [0.5, 0.6) is 5.75 Å². The third-order valence-electron chi connectivity index (χ3n) is 7.43. The van der Waals surface area contributed by atoms with E-state index in [1.54, 1.807) is 8.01 Å². The van der Waals surface area contributed by atoms with E-state index in [9.17, 15) is 36.6 Å². The normalized spacial score (nSPS) is 22.1. The van der Waals surface area contributed by atoms with Crippen LogP contribution in [0.1, 0.15) is 24.8 Å². The second kappa shape index (κ2) is 10.3. The molecule has 0 amide bonds. The first-order valence-corrected chi connectivity index (χ1v) is 15.0. The number of aliphatic hydroxyl groups is 1. The Labute approximate surface area is 240 Å². The number of aryl methyl sites for hydroxylation is 1. The van der Waals surface area contributed by atoms with Gasteiger partial charge in [-0.05, 0) is 0 Å². The third kappa shape index (κ3) is 4.78.